The molecule has 9 nitrogen and oxygen atoms in total. The number of hydrogen-bond acceptors (Lipinski definition) is 7. The van der Waals surface area contributed by atoms with E-state index in [9.17, 15) is 14.0 Å². The van der Waals surface area contributed by atoms with Gasteiger partial charge in [-0.3, -0.25) is 14.2 Å². The molecule has 0 aliphatic rings. The van der Waals surface area contributed by atoms with Crippen LogP contribution in [0.4, 0.5) is 10.1 Å². The van der Waals surface area contributed by atoms with Gasteiger partial charge in [0.2, 0.25) is 5.91 Å². The van der Waals surface area contributed by atoms with Gasteiger partial charge in [-0.1, -0.05) is 23.9 Å². The first-order chi connectivity index (χ1) is 18.8. The van der Waals surface area contributed by atoms with E-state index in [-0.39, 0.29) is 29.9 Å². The van der Waals surface area contributed by atoms with Crippen molar-refractivity contribution in [2.75, 3.05) is 25.3 Å². The maximum atomic E-state index is 13.2. The summed E-state index contributed by atoms with van der Waals surface area (Å²) in [4.78, 5) is 25.5. The Balaban J connectivity index is 1.55. The number of amides is 2. The summed E-state index contributed by atoms with van der Waals surface area (Å²) in [5.41, 5.74) is 3.80. The van der Waals surface area contributed by atoms with Crippen LogP contribution in [0.3, 0.4) is 0 Å². The molecule has 1 heterocycles. The Morgan fingerprint density at radius 3 is 2.33 bits per heavy atom. The fourth-order valence-corrected chi connectivity index (χ4v) is 4.55. The van der Waals surface area contributed by atoms with Crippen LogP contribution in [-0.4, -0.2) is 46.6 Å². The van der Waals surface area contributed by atoms with Crippen molar-refractivity contribution >= 4 is 29.3 Å². The molecule has 0 bridgehead atoms. The lowest BCUT2D eigenvalue weighted by molar-refractivity contribution is -0.113. The van der Waals surface area contributed by atoms with Gasteiger partial charge in [-0.2, -0.15) is 0 Å². The van der Waals surface area contributed by atoms with E-state index in [4.69, 9.17) is 9.47 Å². The Labute approximate surface area is 229 Å². The van der Waals surface area contributed by atoms with Crippen molar-refractivity contribution in [3.8, 4) is 17.2 Å². The normalized spacial score (nSPS) is 10.7. The highest BCUT2D eigenvalue weighted by Gasteiger charge is 2.19. The summed E-state index contributed by atoms with van der Waals surface area (Å²) >= 11 is 1.21. The highest BCUT2D eigenvalue weighted by molar-refractivity contribution is 7.99. The number of benzene rings is 3. The van der Waals surface area contributed by atoms with E-state index in [0.717, 1.165) is 16.8 Å². The number of nitrogens with zero attached hydrogens (tertiary/aromatic N) is 3. The third-order valence-corrected chi connectivity index (χ3v) is 6.93. The molecule has 11 heteroatoms. The molecule has 4 aromatic rings. The summed E-state index contributed by atoms with van der Waals surface area (Å²) < 4.78 is 25.5. The molecule has 2 amide bonds. The highest BCUT2D eigenvalue weighted by atomic mass is 32.2. The lowest BCUT2D eigenvalue weighted by Crippen LogP contribution is -2.25. The van der Waals surface area contributed by atoms with Gasteiger partial charge < -0.3 is 20.1 Å². The number of halogens is 1. The topological polar surface area (TPSA) is 107 Å². The van der Waals surface area contributed by atoms with Crippen molar-refractivity contribution in [1.29, 1.82) is 0 Å². The first-order valence-corrected chi connectivity index (χ1v) is 13.0. The molecule has 0 aliphatic carbocycles. The number of aryl methyl sites for hydroxylation is 1. The average Bonchev–Trinajstić information content (AvgIpc) is 3.35. The molecule has 0 spiro atoms. The smallest absolute Gasteiger partial charge is 0.251 e. The van der Waals surface area contributed by atoms with Crippen LogP contribution in [0, 0.1) is 19.7 Å². The number of aromatic nitrogens is 3. The number of thioether (sulfide) groups is 1. The lowest BCUT2D eigenvalue weighted by Gasteiger charge is -2.15. The van der Waals surface area contributed by atoms with E-state index in [2.05, 4.69) is 20.8 Å². The number of ether oxygens (including phenoxy) is 2. The largest absolute Gasteiger partial charge is 0.497 e. The molecule has 39 heavy (non-hydrogen) atoms. The molecular formula is C28H28FN5O4S. The molecule has 3 aromatic carbocycles. The molecular weight excluding hydrogens is 521 g/mol. The summed E-state index contributed by atoms with van der Waals surface area (Å²) in [6.45, 7) is 4.08. The predicted octanol–water partition coefficient (Wildman–Crippen LogP) is 4.70. The van der Waals surface area contributed by atoms with Crippen molar-refractivity contribution < 1.29 is 23.5 Å². The van der Waals surface area contributed by atoms with Crippen molar-refractivity contribution in [3.63, 3.8) is 0 Å². The number of carbonyl (C=O) groups is 2. The zero-order chi connectivity index (χ0) is 27.9. The molecule has 0 radical (unpaired) electrons. The molecule has 0 unspecified atom stereocenters. The van der Waals surface area contributed by atoms with Crippen molar-refractivity contribution in [2.45, 2.75) is 25.5 Å². The molecule has 202 valence electrons. The predicted molar refractivity (Wildman–Crippen MR) is 147 cm³/mol. The summed E-state index contributed by atoms with van der Waals surface area (Å²) in [7, 11) is 3.03. The van der Waals surface area contributed by atoms with E-state index in [1.807, 2.05) is 36.6 Å². The fraction of sp³-hybridized carbons (Fsp3) is 0.214. The molecule has 0 saturated heterocycles. The third kappa shape index (κ3) is 6.74. The van der Waals surface area contributed by atoms with Gasteiger partial charge in [-0.25, -0.2) is 4.39 Å². The SMILES string of the molecule is COc1cc(OC)cc(C(=O)NCc2nnc(SCC(=O)Nc3ccc(F)cc3)n2-c2cccc(C)c2C)c1. The van der Waals surface area contributed by atoms with Crippen LogP contribution in [0.15, 0.2) is 65.8 Å². The summed E-state index contributed by atoms with van der Waals surface area (Å²) in [5, 5.41) is 14.8. The van der Waals surface area contributed by atoms with Gasteiger partial charge in [0.15, 0.2) is 11.0 Å². The van der Waals surface area contributed by atoms with Crippen LogP contribution >= 0.6 is 11.8 Å². The molecule has 0 fully saturated rings. The second-order valence-corrected chi connectivity index (χ2v) is 9.52. The van der Waals surface area contributed by atoms with Crippen LogP contribution in [0.25, 0.3) is 5.69 Å². The van der Waals surface area contributed by atoms with Crippen LogP contribution in [-0.2, 0) is 11.3 Å². The zero-order valence-electron chi connectivity index (χ0n) is 21.9. The molecule has 2 N–H and O–H groups in total. The lowest BCUT2D eigenvalue weighted by atomic mass is 10.1. The number of carbonyl (C=O) groups excluding carboxylic acids is 2. The minimum atomic E-state index is -0.380. The van der Waals surface area contributed by atoms with E-state index < -0.39 is 0 Å². The average molecular weight is 550 g/mol. The van der Waals surface area contributed by atoms with Crippen molar-refractivity contribution in [1.82, 2.24) is 20.1 Å². The van der Waals surface area contributed by atoms with E-state index in [1.165, 1.54) is 50.2 Å². The van der Waals surface area contributed by atoms with Gasteiger partial charge in [0, 0.05) is 17.3 Å². The molecule has 0 atom stereocenters. The Morgan fingerprint density at radius 2 is 1.67 bits per heavy atom. The standard InChI is InChI=1S/C28H28FN5O4S/c1-17-6-5-7-24(18(17)2)34-25(15-30-27(36)19-12-22(37-3)14-23(13-19)38-4)32-33-28(34)39-16-26(35)31-21-10-8-20(29)9-11-21/h5-14H,15-16H2,1-4H3,(H,30,36)(H,31,35). The van der Waals surface area contributed by atoms with Crippen molar-refractivity contribution in [2.24, 2.45) is 0 Å². The van der Waals surface area contributed by atoms with Crippen LogP contribution in [0.2, 0.25) is 0 Å². The summed E-state index contributed by atoms with van der Waals surface area (Å²) in [5.74, 6) is 0.546. The first-order valence-electron chi connectivity index (χ1n) is 12.0. The fourth-order valence-electron chi connectivity index (χ4n) is 3.79. The van der Waals surface area contributed by atoms with Crippen molar-refractivity contribution in [3.05, 3.63) is 89.0 Å². The Hall–Kier alpha value is -4.38. The number of nitrogens with one attached hydrogen (secondary N) is 2. The van der Waals surface area contributed by atoms with Gasteiger partial charge in [0.1, 0.15) is 17.3 Å². The summed E-state index contributed by atoms with van der Waals surface area (Å²) in [6.07, 6.45) is 0. The first kappa shape index (κ1) is 27.6. The maximum Gasteiger partial charge on any atom is 0.251 e. The number of hydrogen-bond donors (Lipinski definition) is 2. The Kier molecular flexibility index (Phi) is 8.82. The van der Waals surface area contributed by atoms with E-state index in [1.54, 1.807) is 18.2 Å². The van der Waals surface area contributed by atoms with Gasteiger partial charge >= 0.3 is 0 Å². The van der Waals surface area contributed by atoms with E-state index in [0.29, 0.717) is 33.7 Å². The van der Waals surface area contributed by atoms with Gasteiger partial charge in [-0.15, -0.1) is 10.2 Å². The third-order valence-electron chi connectivity index (χ3n) is 6.00. The Bertz CT molecular complexity index is 1470. The highest BCUT2D eigenvalue weighted by Crippen LogP contribution is 2.27. The molecule has 1 aromatic heterocycles. The van der Waals surface area contributed by atoms with Gasteiger partial charge in [-0.05, 0) is 67.4 Å². The quantitative estimate of drug-likeness (QED) is 0.276. The Morgan fingerprint density at radius 1 is 0.974 bits per heavy atom. The van der Waals surface area contributed by atoms with Crippen LogP contribution in [0.5, 0.6) is 11.5 Å². The van der Waals surface area contributed by atoms with E-state index >= 15 is 0 Å². The van der Waals surface area contributed by atoms with Gasteiger partial charge in [0.05, 0.1) is 32.2 Å². The number of rotatable bonds is 10. The molecule has 4 rings (SSSR count). The van der Waals surface area contributed by atoms with Gasteiger partial charge in [0.25, 0.3) is 5.91 Å². The number of methoxy groups -OCH3 is 2. The molecule has 0 saturated carbocycles. The maximum absolute atomic E-state index is 13.2. The second kappa shape index (κ2) is 12.4. The minimum Gasteiger partial charge on any atom is -0.497 e. The monoisotopic (exact) mass is 549 g/mol. The minimum absolute atomic E-state index is 0.0519. The zero-order valence-corrected chi connectivity index (χ0v) is 22.8. The summed E-state index contributed by atoms with van der Waals surface area (Å²) in [6, 6.07) is 16.3. The molecule has 0 aliphatic heterocycles. The number of anilines is 1. The van der Waals surface area contributed by atoms with Crippen LogP contribution in [0.1, 0.15) is 27.3 Å². The second-order valence-electron chi connectivity index (χ2n) is 8.58. The van der Waals surface area contributed by atoms with Crippen LogP contribution < -0.4 is 20.1 Å².